The second-order valence-electron chi connectivity index (χ2n) is 7.07. The molecule has 0 aromatic heterocycles. The van der Waals surface area contributed by atoms with Crippen LogP contribution < -0.4 is 5.32 Å². The molecule has 0 saturated heterocycles. The van der Waals surface area contributed by atoms with Crippen molar-refractivity contribution in [1.82, 2.24) is 5.32 Å². The van der Waals surface area contributed by atoms with Crippen LogP contribution in [-0.4, -0.2) is 36.2 Å². The van der Waals surface area contributed by atoms with Crippen molar-refractivity contribution in [3.05, 3.63) is 70.8 Å². The number of benzene rings is 2. The molecule has 2 aromatic carbocycles. The average molecular weight is 487 g/mol. The predicted molar refractivity (Wildman–Crippen MR) is 115 cm³/mol. The molecule has 2 N–H and O–H groups in total. The number of hydrogen-bond donors (Lipinski definition) is 2. The van der Waals surface area contributed by atoms with Gasteiger partial charge in [0, 0.05) is 12.0 Å². The third kappa shape index (κ3) is 7.99. The summed E-state index contributed by atoms with van der Waals surface area (Å²) in [6, 6.07) is 8.79. The van der Waals surface area contributed by atoms with Crippen LogP contribution in [0.25, 0.3) is 0 Å². The maximum absolute atomic E-state index is 12.9. The fourth-order valence-electron chi connectivity index (χ4n) is 3.06. The van der Waals surface area contributed by atoms with E-state index in [2.05, 4.69) is 5.32 Å². The smallest absolute Gasteiger partial charge is 0.416 e. The van der Waals surface area contributed by atoms with E-state index in [1.165, 1.54) is 24.3 Å². The van der Waals surface area contributed by atoms with Crippen molar-refractivity contribution < 1.29 is 41.5 Å². The number of rotatable bonds is 11. The van der Waals surface area contributed by atoms with Gasteiger partial charge in [0.05, 0.1) is 24.9 Å². The van der Waals surface area contributed by atoms with Gasteiger partial charge in [-0.3, -0.25) is 9.36 Å². The summed E-state index contributed by atoms with van der Waals surface area (Å²) in [5, 5.41) is 11.8. The molecule has 0 spiro atoms. The van der Waals surface area contributed by atoms with Crippen LogP contribution in [-0.2, 0) is 37.2 Å². The van der Waals surface area contributed by atoms with E-state index >= 15 is 0 Å². The quantitative estimate of drug-likeness (QED) is 0.438. The Morgan fingerprint density at radius 2 is 1.64 bits per heavy atom. The number of carboxylic acid groups (broad SMARTS) is 1. The number of nitrogens with one attached hydrogen (secondary N) is 1. The molecule has 0 radical (unpaired) electrons. The van der Waals surface area contributed by atoms with Gasteiger partial charge in [-0.1, -0.05) is 30.3 Å². The summed E-state index contributed by atoms with van der Waals surface area (Å²) in [4.78, 5) is 24.1. The summed E-state index contributed by atoms with van der Waals surface area (Å²) in [5.74, 6) is -2.09. The van der Waals surface area contributed by atoms with Crippen molar-refractivity contribution in [1.29, 1.82) is 0 Å². The highest BCUT2D eigenvalue weighted by molar-refractivity contribution is 7.53. The van der Waals surface area contributed by atoms with Crippen LogP contribution in [0.1, 0.15) is 40.9 Å². The molecular formula is C22H25F3NO6P. The van der Waals surface area contributed by atoms with E-state index in [0.717, 1.165) is 12.1 Å². The summed E-state index contributed by atoms with van der Waals surface area (Å²) in [5.41, 5.74) is -0.0508. The normalized spacial score (nSPS) is 12.9. The summed E-state index contributed by atoms with van der Waals surface area (Å²) < 4.78 is 61.8. The molecule has 0 aliphatic carbocycles. The number of carbonyl (C=O) groups is 2. The first-order valence-corrected chi connectivity index (χ1v) is 11.9. The van der Waals surface area contributed by atoms with Crippen molar-refractivity contribution in [2.45, 2.75) is 38.6 Å². The van der Waals surface area contributed by atoms with Gasteiger partial charge in [-0.05, 0) is 43.2 Å². The van der Waals surface area contributed by atoms with E-state index in [4.69, 9.17) is 9.05 Å². The molecule has 1 amide bonds. The molecule has 0 saturated carbocycles. The Bertz CT molecular complexity index is 1000. The fourth-order valence-corrected chi connectivity index (χ4v) is 4.76. The minimum Gasteiger partial charge on any atom is -0.480 e. The van der Waals surface area contributed by atoms with Crippen molar-refractivity contribution in [2.75, 3.05) is 13.2 Å². The molecule has 2 aromatic rings. The molecule has 11 heteroatoms. The van der Waals surface area contributed by atoms with Gasteiger partial charge in [0.1, 0.15) is 6.04 Å². The zero-order valence-electron chi connectivity index (χ0n) is 18.1. The van der Waals surface area contributed by atoms with Crippen LogP contribution in [0.4, 0.5) is 13.2 Å². The van der Waals surface area contributed by atoms with E-state index in [0.29, 0.717) is 5.56 Å². The fraction of sp³-hybridized carbons (Fsp3) is 0.364. The third-order valence-corrected chi connectivity index (χ3v) is 6.60. The van der Waals surface area contributed by atoms with E-state index in [1.54, 1.807) is 26.0 Å². The topological polar surface area (TPSA) is 102 Å². The Balaban J connectivity index is 2.10. The molecule has 2 rings (SSSR count). The number of carbonyl (C=O) groups excluding carboxylic acids is 1. The number of carboxylic acids is 1. The Hall–Kier alpha value is -2.68. The lowest BCUT2D eigenvalue weighted by molar-refractivity contribution is -0.139. The maximum Gasteiger partial charge on any atom is 0.416 e. The van der Waals surface area contributed by atoms with E-state index < -0.39 is 37.3 Å². The Morgan fingerprint density at radius 3 is 2.15 bits per heavy atom. The second-order valence-corrected chi connectivity index (χ2v) is 9.12. The van der Waals surface area contributed by atoms with Gasteiger partial charge in [0.15, 0.2) is 0 Å². The van der Waals surface area contributed by atoms with Gasteiger partial charge >= 0.3 is 19.7 Å². The van der Waals surface area contributed by atoms with Crippen LogP contribution in [0, 0.1) is 0 Å². The summed E-state index contributed by atoms with van der Waals surface area (Å²) >= 11 is 0. The lowest BCUT2D eigenvalue weighted by Gasteiger charge is -2.17. The molecular weight excluding hydrogens is 462 g/mol. The number of hydrogen-bond acceptors (Lipinski definition) is 5. The Kier molecular flexibility index (Phi) is 9.22. The zero-order chi connectivity index (χ0) is 24.6. The first-order chi connectivity index (χ1) is 15.5. The minimum atomic E-state index is -4.56. The minimum absolute atomic E-state index is 0.00385. The highest BCUT2D eigenvalue weighted by Crippen LogP contribution is 2.51. The molecule has 0 aliphatic rings. The molecule has 7 nitrogen and oxygen atoms in total. The van der Waals surface area contributed by atoms with Crippen molar-refractivity contribution >= 4 is 19.5 Å². The molecule has 1 atom stereocenters. The molecule has 0 fully saturated rings. The molecule has 180 valence electrons. The summed E-state index contributed by atoms with van der Waals surface area (Å²) in [7, 11) is -3.33. The number of aliphatic carboxylic acids is 1. The molecule has 0 bridgehead atoms. The van der Waals surface area contributed by atoms with Gasteiger partial charge < -0.3 is 19.5 Å². The van der Waals surface area contributed by atoms with Crippen LogP contribution in [0.5, 0.6) is 0 Å². The van der Waals surface area contributed by atoms with Crippen LogP contribution in [0.15, 0.2) is 48.5 Å². The van der Waals surface area contributed by atoms with Crippen LogP contribution in [0.3, 0.4) is 0 Å². The lowest BCUT2D eigenvalue weighted by atomic mass is 10.0. The second kappa shape index (κ2) is 11.4. The summed E-state index contributed by atoms with van der Waals surface area (Å²) in [6.45, 7) is 3.80. The standard InChI is InChI=1S/C22H25F3NO6P/c1-3-31-33(30,32-4-2)14-15-8-10-17(11-9-15)20(27)26-19(21(28)29)13-16-6-5-7-18(12-16)22(23,24)25/h5-12,19H,3-4,13-14H2,1-2H3,(H,26,27)(H,28,29)/t19-/m0/s1. The van der Waals surface area contributed by atoms with Gasteiger partial charge in [-0.25, -0.2) is 4.79 Å². The SMILES string of the molecule is CCOP(=O)(Cc1ccc(C(=O)N[C@@H](Cc2cccc(C(F)(F)F)c2)C(=O)O)cc1)OCC. The average Bonchev–Trinajstić information content (AvgIpc) is 2.73. The predicted octanol–water partition coefficient (Wildman–Crippen LogP) is 4.90. The number of amides is 1. The first-order valence-electron chi connectivity index (χ1n) is 10.1. The van der Waals surface area contributed by atoms with Crippen LogP contribution in [0.2, 0.25) is 0 Å². The number of alkyl halides is 3. The lowest BCUT2D eigenvalue weighted by Crippen LogP contribution is -2.42. The van der Waals surface area contributed by atoms with Gasteiger partial charge in [0.2, 0.25) is 0 Å². The zero-order valence-corrected chi connectivity index (χ0v) is 19.0. The number of halogens is 3. The molecule has 0 aliphatic heterocycles. The van der Waals surface area contributed by atoms with Crippen molar-refractivity contribution in [2.24, 2.45) is 0 Å². The van der Waals surface area contributed by atoms with E-state index in [-0.39, 0.29) is 36.9 Å². The van der Waals surface area contributed by atoms with Gasteiger partial charge in [0.25, 0.3) is 5.91 Å². The summed E-state index contributed by atoms with van der Waals surface area (Å²) in [6.07, 6.45) is -4.88. The van der Waals surface area contributed by atoms with E-state index in [1.807, 2.05) is 0 Å². The molecule has 0 unspecified atom stereocenters. The Labute approximate surface area is 189 Å². The molecule has 33 heavy (non-hydrogen) atoms. The van der Waals surface area contributed by atoms with E-state index in [9.17, 15) is 32.4 Å². The third-order valence-electron chi connectivity index (χ3n) is 4.54. The first kappa shape index (κ1) is 26.6. The largest absolute Gasteiger partial charge is 0.480 e. The van der Waals surface area contributed by atoms with Gasteiger partial charge in [-0.15, -0.1) is 0 Å². The van der Waals surface area contributed by atoms with Crippen LogP contribution >= 0.6 is 7.60 Å². The Morgan fingerprint density at radius 1 is 1.03 bits per heavy atom. The van der Waals surface area contributed by atoms with Crippen molar-refractivity contribution in [3.63, 3.8) is 0 Å². The highest BCUT2D eigenvalue weighted by atomic mass is 31.2. The monoisotopic (exact) mass is 487 g/mol. The molecule has 0 heterocycles. The maximum atomic E-state index is 12.9. The van der Waals surface area contributed by atoms with Gasteiger partial charge in [-0.2, -0.15) is 13.2 Å². The van der Waals surface area contributed by atoms with Crippen molar-refractivity contribution in [3.8, 4) is 0 Å². The highest BCUT2D eigenvalue weighted by Gasteiger charge is 2.31.